The molecular formula is C12H17Cl2NO. The molecule has 4 heteroatoms. The highest BCUT2D eigenvalue weighted by atomic mass is 35.5. The summed E-state index contributed by atoms with van der Waals surface area (Å²) < 4.78 is 5.28. The Morgan fingerprint density at radius 2 is 1.94 bits per heavy atom. The van der Waals surface area contributed by atoms with Gasteiger partial charge in [0, 0.05) is 5.02 Å². The quantitative estimate of drug-likeness (QED) is 0.805. The van der Waals surface area contributed by atoms with Gasteiger partial charge in [-0.1, -0.05) is 23.2 Å². The Balaban J connectivity index is 2.77. The zero-order valence-electron chi connectivity index (χ0n) is 9.89. The predicted molar refractivity (Wildman–Crippen MR) is 69.9 cm³/mol. The summed E-state index contributed by atoms with van der Waals surface area (Å²) in [6.07, 6.45) is 1.97. The van der Waals surface area contributed by atoms with E-state index in [0.717, 1.165) is 30.7 Å². The van der Waals surface area contributed by atoms with Crippen molar-refractivity contribution >= 4 is 23.2 Å². The van der Waals surface area contributed by atoms with Gasteiger partial charge in [0.25, 0.3) is 0 Å². The molecule has 0 aliphatic heterocycles. The fourth-order valence-corrected chi connectivity index (χ4v) is 2.23. The van der Waals surface area contributed by atoms with Gasteiger partial charge in [0.2, 0.25) is 0 Å². The van der Waals surface area contributed by atoms with E-state index in [2.05, 4.69) is 19.0 Å². The second-order valence-corrected chi connectivity index (χ2v) is 4.83. The van der Waals surface area contributed by atoms with Crippen molar-refractivity contribution in [3.8, 4) is 5.75 Å². The average molecular weight is 262 g/mol. The molecule has 0 heterocycles. The van der Waals surface area contributed by atoms with Gasteiger partial charge in [-0.25, -0.2) is 0 Å². The molecule has 2 nitrogen and oxygen atoms in total. The molecule has 0 saturated carbocycles. The number of rotatable bonds is 5. The smallest absolute Gasteiger partial charge is 0.140 e. The van der Waals surface area contributed by atoms with Gasteiger partial charge in [0.15, 0.2) is 0 Å². The molecule has 1 aromatic rings. The number of benzene rings is 1. The van der Waals surface area contributed by atoms with Crippen LogP contribution in [0.4, 0.5) is 0 Å². The molecule has 0 bridgehead atoms. The predicted octanol–water partition coefficient (Wildman–Crippen LogP) is 3.50. The molecule has 16 heavy (non-hydrogen) atoms. The minimum Gasteiger partial charge on any atom is -0.495 e. The van der Waals surface area contributed by atoms with Crippen molar-refractivity contribution in [2.75, 3.05) is 27.7 Å². The highest BCUT2D eigenvalue weighted by molar-refractivity contribution is 6.35. The van der Waals surface area contributed by atoms with E-state index in [1.165, 1.54) is 0 Å². The maximum absolute atomic E-state index is 6.06. The van der Waals surface area contributed by atoms with Gasteiger partial charge in [0.1, 0.15) is 5.75 Å². The van der Waals surface area contributed by atoms with Gasteiger partial charge in [-0.2, -0.15) is 0 Å². The molecular weight excluding hydrogens is 245 g/mol. The van der Waals surface area contributed by atoms with Gasteiger partial charge in [-0.05, 0) is 51.2 Å². The minimum absolute atomic E-state index is 0.579. The first kappa shape index (κ1) is 13.6. The van der Waals surface area contributed by atoms with Crippen molar-refractivity contribution in [3.63, 3.8) is 0 Å². The van der Waals surface area contributed by atoms with E-state index < -0.39 is 0 Å². The van der Waals surface area contributed by atoms with Crippen molar-refractivity contribution in [1.29, 1.82) is 0 Å². The number of hydrogen-bond donors (Lipinski definition) is 0. The third kappa shape index (κ3) is 3.85. The van der Waals surface area contributed by atoms with E-state index in [1.807, 2.05) is 6.07 Å². The first-order valence-electron chi connectivity index (χ1n) is 5.21. The molecule has 0 aliphatic rings. The normalized spacial score (nSPS) is 10.9. The Kier molecular flexibility index (Phi) is 5.39. The first-order valence-corrected chi connectivity index (χ1v) is 5.97. The molecule has 0 fully saturated rings. The highest BCUT2D eigenvalue weighted by Gasteiger charge is 2.09. The van der Waals surface area contributed by atoms with Crippen molar-refractivity contribution in [2.24, 2.45) is 0 Å². The van der Waals surface area contributed by atoms with E-state index in [9.17, 15) is 0 Å². The zero-order valence-corrected chi connectivity index (χ0v) is 11.4. The second-order valence-electron chi connectivity index (χ2n) is 3.99. The lowest BCUT2D eigenvalue weighted by atomic mass is 10.1. The van der Waals surface area contributed by atoms with E-state index in [4.69, 9.17) is 27.9 Å². The van der Waals surface area contributed by atoms with Crippen molar-refractivity contribution in [3.05, 3.63) is 27.7 Å². The summed E-state index contributed by atoms with van der Waals surface area (Å²) in [6.45, 7) is 1.04. The molecule has 0 radical (unpaired) electrons. The lowest BCUT2D eigenvalue weighted by Crippen LogP contribution is -2.13. The Morgan fingerprint density at radius 3 is 2.50 bits per heavy atom. The van der Waals surface area contributed by atoms with Crippen LogP contribution in [-0.4, -0.2) is 32.6 Å². The number of aryl methyl sites for hydroxylation is 1. The van der Waals surface area contributed by atoms with E-state index in [1.54, 1.807) is 13.2 Å². The van der Waals surface area contributed by atoms with Gasteiger partial charge < -0.3 is 9.64 Å². The van der Waals surface area contributed by atoms with E-state index >= 15 is 0 Å². The van der Waals surface area contributed by atoms with Crippen LogP contribution in [0.3, 0.4) is 0 Å². The van der Waals surface area contributed by atoms with Crippen molar-refractivity contribution in [1.82, 2.24) is 4.90 Å². The Labute approximate surface area is 107 Å². The largest absolute Gasteiger partial charge is 0.495 e. The lowest BCUT2D eigenvalue weighted by Gasteiger charge is -2.13. The monoisotopic (exact) mass is 261 g/mol. The second kappa shape index (κ2) is 6.33. The molecule has 0 saturated heterocycles. The summed E-state index contributed by atoms with van der Waals surface area (Å²) in [6, 6.07) is 3.62. The molecule has 0 amide bonds. The van der Waals surface area contributed by atoms with Crippen LogP contribution in [-0.2, 0) is 6.42 Å². The van der Waals surface area contributed by atoms with Crippen LogP contribution in [0.1, 0.15) is 12.0 Å². The standard InChI is InChI=1S/C12H17Cl2NO/c1-15(2)6-4-5-9-7-10(13)8-11(14)12(9)16-3/h7-8H,4-6H2,1-3H3. The number of halogens is 2. The third-order valence-electron chi connectivity index (χ3n) is 2.34. The van der Waals surface area contributed by atoms with Gasteiger partial charge in [0.05, 0.1) is 12.1 Å². The zero-order chi connectivity index (χ0) is 12.1. The first-order chi connectivity index (χ1) is 7.54. The van der Waals surface area contributed by atoms with Gasteiger partial charge >= 0.3 is 0 Å². The molecule has 1 aromatic carbocycles. The molecule has 0 spiro atoms. The Morgan fingerprint density at radius 1 is 1.25 bits per heavy atom. The van der Waals surface area contributed by atoms with Gasteiger partial charge in [-0.15, -0.1) is 0 Å². The summed E-state index contributed by atoms with van der Waals surface area (Å²) in [5.74, 6) is 0.741. The van der Waals surface area contributed by atoms with Crippen LogP contribution in [0.2, 0.25) is 10.0 Å². The SMILES string of the molecule is COc1c(Cl)cc(Cl)cc1CCCN(C)C. The molecule has 90 valence electrons. The number of methoxy groups -OCH3 is 1. The molecule has 0 unspecified atom stereocenters. The van der Waals surface area contributed by atoms with Crippen LogP contribution < -0.4 is 4.74 Å². The Bertz CT molecular complexity index is 353. The van der Waals surface area contributed by atoms with Crippen molar-refractivity contribution < 1.29 is 4.74 Å². The summed E-state index contributed by atoms with van der Waals surface area (Å²) in [5.41, 5.74) is 1.07. The van der Waals surface area contributed by atoms with Crippen LogP contribution in [0, 0.1) is 0 Å². The summed E-state index contributed by atoms with van der Waals surface area (Å²) in [4.78, 5) is 2.15. The maximum atomic E-state index is 6.06. The minimum atomic E-state index is 0.579. The Hall–Kier alpha value is -0.440. The third-order valence-corrected chi connectivity index (χ3v) is 2.84. The van der Waals surface area contributed by atoms with Crippen LogP contribution in [0.25, 0.3) is 0 Å². The van der Waals surface area contributed by atoms with Crippen LogP contribution in [0.15, 0.2) is 12.1 Å². The summed E-state index contributed by atoms with van der Waals surface area (Å²) in [5, 5.41) is 1.24. The molecule has 0 aromatic heterocycles. The molecule has 0 aliphatic carbocycles. The number of hydrogen-bond acceptors (Lipinski definition) is 2. The summed E-state index contributed by atoms with van der Waals surface area (Å²) in [7, 11) is 5.74. The van der Waals surface area contributed by atoms with E-state index in [-0.39, 0.29) is 0 Å². The molecule has 0 N–H and O–H groups in total. The summed E-state index contributed by atoms with van der Waals surface area (Å²) >= 11 is 12.0. The highest BCUT2D eigenvalue weighted by Crippen LogP contribution is 2.32. The van der Waals surface area contributed by atoms with Crippen molar-refractivity contribution in [2.45, 2.75) is 12.8 Å². The average Bonchev–Trinajstić information content (AvgIpc) is 2.16. The lowest BCUT2D eigenvalue weighted by molar-refractivity contribution is 0.391. The molecule has 0 atom stereocenters. The number of ether oxygens (including phenoxy) is 1. The van der Waals surface area contributed by atoms with E-state index in [0.29, 0.717) is 10.0 Å². The van der Waals surface area contributed by atoms with Gasteiger partial charge in [-0.3, -0.25) is 0 Å². The fraction of sp³-hybridized carbons (Fsp3) is 0.500. The maximum Gasteiger partial charge on any atom is 0.140 e. The molecule has 1 rings (SSSR count). The fourth-order valence-electron chi connectivity index (χ4n) is 1.61. The van der Waals surface area contributed by atoms with Crippen LogP contribution >= 0.6 is 23.2 Å². The van der Waals surface area contributed by atoms with Crippen LogP contribution in [0.5, 0.6) is 5.75 Å². The number of nitrogens with zero attached hydrogens (tertiary/aromatic N) is 1. The topological polar surface area (TPSA) is 12.5 Å².